The molecular weight excluding hydrogens is 605 g/mol. The van der Waals surface area contributed by atoms with Crippen molar-refractivity contribution in [2.45, 2.75) is 51.6 Å². The summed E-state index contributed by atoms with van der Waals surface area (Å²) < 4.78 is 10.9. The molecule has 12 nitrogen and oxygen atoms in total. The van der Waals surface area contributed by atoms with Crippen molar-refractivity contribution in [2.24, 2.45) is 0 Å². The van der Waals surface area contributed by atoms with Crippen molar-refractivity contribution in [1.29, 1.82) is 0 Å². The van der Waals surface area contributed by atoms with Crippen LogP contribution in [0.25, 0.3) is 10.9 Å². The van der Waals surface area contributed by atoms with Crippen LogP contribution in [-0.4, -0.2) is 101 Å². The highest BCUT2D eigenvalue weighted by Gasteiger charge is 2.35. The van der Waals surface area contributed by atoms with Crippen LogP contribution in [0.1, 0.15) is 39.5 Å². The fourth-order valence-electron chi connectivity index (χ4n) is 5.37. The van der Waals surface area contributed by atoms with Gasteiger partial charge in [-0.2, -0.15) is 4.98 Å². The normalized spacial score (nSPS) is 20.3. The van der Waals surface area contributed by atoms with Crippen LogP contribution in [0, 0.1) is 0 Å². The molecule has 4 aliphatic rings. The average molecular weight is 643 g/mol. The summed E-state index contributed by atoms with van der Waals surface area (Å²) in [6.07, 6.45) is 4.46. The molecule has 0 saturated carbocycles. The van der Waals surface area contributed by atoms with Crippen LogP contribution in [0.3, 0.4) is 0 Å². The van der Waals surface area contributed by atoms with Crippen LogP contribution in [0.2, 0.25) is 0 Å². The molecule has 44 heavy (non-hydrogen) atoms. The fourth-order valence-corrected chi connectivity index (χ4v) is 7.12. The summed E-state index contributed by atoms with van der Waals surface area (Å²) in [5.74, 6) is 2.07. The molecule has 2 unspecified atom stereocenters. The van der Waals surface area contributed by atoms with E-state index < -0.39 is 12.1 Å². The number of nitrogens with zero attached hydrogens (tertiary/aromatic N) is 4. The van der Waals surface area contributed by atoms with Crippen molar-refractivity contribution in [2.75, 3.05) is 61.5 Å². The van der Waals surface area contributed by atoms with Crippen molar-refractivity contribution in [1.82, 2.24) is 20.2 Å². The molecule has 2 saturated heterocycles. The minimum absolute atomic E-state index is 0.0242. The topological polar surface area (TPSA) is 143 Å². The molecule has 0 bridgehead atoms. The molecule has 0 radical (unpaired) electrons. The number of Topliss-reactive ketones (excluding diaryl/α,β-unsaturated/α-hetero) is 1. The lowest BCUT2D eigenvalue weighted by atomic mass is 10.1. The fraction of sp³-hybridized carbons (Fsp3) is 0.533. The van der Waals surface area contributed by atoms with Gasteiger partial charge >= 0.3 is 0 Å². The van der Waals surface area contributed by atoms with Gasteiger partial charge in [-0.05, 0) is 32.3 Å². The Kier molecular flexibility index (Phi) is 10.3. The molecule has 2 N–H and O–H groups in total. The summed E-state index contributed by atoms with van der Waals surface area (Å²) in [5.41, 5.74) is 4.04. The number of amides is 2. The Morgan fingerprint density at radius 2 is 1.80 bits per heavy atom. The number of aromatic nitrogens is 2. The molecule has 2 aliphatic carbocycles. The Balaban J connectivity index is 0.000000684. The van der Waals surface area contributed by atoms with Gasteiger partial charge in [0, 0.05) is 55.9 Å². The van der Waals surface area contributed by atoms with E-state index in [2.05, 4.69) is 10.6 Å². The molecule has 3 heterocycles. The molecule has 0 spiro atoms. The molecular formula is C30H38N6O6S2. The summed E-state index contributed by atoms with van der Waals surface area (Å²) >= 11 is 2.58. The number of thioether (sulfide) groups is 2. The molecule has 1 aromatic carbocycles. The predicted molar refractivity (Wildman–Crippen MR) is 173 cm³/mol. The highest BCUT2D eigenvalue weighted by atomic mass is 32.2. The number of carbonyl (C=O) groups is 4. The Morgan fingerprint density at radius 1 is 1.07 bits per heavy atom. The number of fused-ring (bicyclic) bond motifs is 1. The molecule has 2 atom stereocenters. The number of anilines is 2. The van der Waals surface area contributed by atoms with Gasteiger partial charge in [0.1, 0.15) is 17.9 Å². The van der Waals surface area contributed by atoms with Crippen LogP contribution in [-0.2, 0) is 19.2 Å². The van der Waals surface area contributed by atoms with Crippen LogP contribution in [0.5, 0.6) is 11.5 Å². The lowest BCUT2D eigenvalue weighted by Gasteiger charge is -2.35. The van der Waals surface area contributed by atoms with Gasteiger partial charge in [0.25, 0.3) is 0 Å². The number of benzene rings is 1. The van der Waals surface area contributed by atoms with Gasteiger partial charge in [-0.3, -0.25) is 19.2 Å². The Hall–Kier alpha value is -3.36. The van der Waals surface area contributed by atoms with E-state index in [9.17, 15) is 19.2 Å². The second-order valence-corrected chi connectivity index (χ2v) is 13.2. The van der Waals surface area contributed by atoms with Crippen molar-refractivity contribution >= 4 is 68.9 Å². The summed E-state index contributed by atoms with van der Waals surface area (Å²) in [4.78, 5) is 62.7. The van der Waals surface area contributed by atoms with Crippen molar-refractivity contribution in [3.05, 3.63) is 23.3 Å². The van der Waals surface area contributed by atoms with Crippen molar-refractivity contribution in [3.8, 4) is 11.5 Å². The van der Waals surface area contributed by atoms with Crippen LogP contribution >= 0.6 is 23.5 Å². The first-order chi connectivity index (χ1) is 21.2. The Bertz CT molecular complexity index is 1490. The minimum atomic E-state index is -0.692. The molecule has 1 aromatic heterocycles. The van der Waals surface area contributed by atoms with E-state index in [-0.39, 0.29) is 35.0 Å². The zero-order chi connectivity index (χ0) is 31.4. The van der Waals surface area contributed by atoms with Crippen molar-refractivity contribution < 1.29 is 28.7 Å². The number of piperazine rings is 1. The number of ketones is 1. The zero-order valence-electron chi connectivity index (χ0n) is 25.4. The van der Waals surface area contributed by atoms with E-state index in [1.165, 1.54) is 64.0 Å². The maximum atomic E-state index is 13.5. The lowest BCUT2D eigenvalue weighted by molar-refractivity contribution is -0.135. The standard InChI is InChI=1S/C25H32N6O6S2.C5H6/c1-14(32)18-11-26-6-7-30(18)25-27-17-10-21(37-4)20(36-3)9-16(17)23(29-25)28-24(35)19-12-38-13-31(19)22(34)5-8-39-15(2)33;1-2-5-3-4(1)5/h9-10,18-19,26H,5-8,11-13H2,1-4H3,(H,27,28,29,35);1-3H2. The first-order valence-corrected chi connectivity index (χ1v) is 16.8. The molecule has 2 fully saturated rings. The number of ether oxygens (including phenoxy) is 2. The third kappa shape index (κ3) is 7.29. The Morgan fingerprint density at radius 3 is 2.41 bits per heavy atom. The van der Waals surface area contributed by atoms with Gasteiger partial charge in [-0.1, -0.05) is 22.9 Å². The Labute approximate surface area is 265 Å². The number of methoxy groups -OCH3 is 2. The quantitative estimate of drug-likeness (QED) is 0.388. The highest BCUT2D eigenvalue weighted by molar-refractivity contribution is 8.13. The molecule has 14 heteroatoms. The molecule has 236 valence electrons. The van der Waals surface area contributed by atoms with Crippen LogP contribution in [0.4, 0.5) is 11.8 Å². The van der Waals surface area contributed by atoms with Gasteiger partial charge in [-0.25, -0.2) is 4.98 Å². The van der Waals surface area contributed by atoms with Crippen LogP contribution < -0.4 is 25.0 Å². The number of hydrogen-bond acceptors (Lipinski definition) is 12. The zero-order valence-corrected chi connectivity index (χ0v) is 27.1. The molecule has 2 aromatic rings. The van der Waals surface area contributed by atoms with Gasteiger partial charge in [0.2, 0.25) is 17.8 Å². The summed E-state index contributed by atoms with van der Waals surface area (Å²) in [5, 5.41) is 6.62. The number of nitrogens with one attached hydrogen (secondary N) is 2. The molecule has 2 aliphatic heterocycles. The average Bonchev–Trinajstić information content (AvgIpc) is 3.35. The second-order valence-electron chi connectivity index (χ2n) is 11.0. The lowest BCUT2D eigenvalue weighted by Crippen LogP contribution is -2.55. The number of hydrogen-bond donors (Lipinski definition) is 2. The van der Waals surface area contributed by atoms with E-state index in [0.29, 0.717) is 65.4 Å². The second kappa shape index (κ2) is 14.2. The van der Waals surface area contributed by atoms with E-state index in [0.717, 1.165) is 11.8 Å². The third-order valence-electron chi connectivity index (χ3n) is 8.06. The largest absolute Gasteiger partial charge is 0.493 e. The number of allylic oxidation sites excluding steroid dienone is 2. The highest BCUT2D eigenvalue weighted by Crippen LogP contribution is 2.48. The van der Waals surface area contributed by atoms with E-state index >= 15 is 0 Å². The van der Waals surface area contributed by atoms with Gasteiger partial charge in [0.15, 0.2) is 22.4 Å². The van der Waals surface area contributed by atoms with E-state index in [1.54, 1.807) is 23.3 Å². The summed E-state index contributed by atoms with van der Waals surface area (Å²) in [6.45, 7) is 4.61. The minimum Gasteiger partial charge on any atom is -0.493 e. The maximum Gasteiger partial charge on any atom is 0.249 e. The van der Waals surface area contributed by atoms with Crippen molar-refractivity contribution in [3.63, 3.8) is 0 Å². The van der Waals surface area contributed by atoms with Crippen LogP contribution in [0.15, 0.2) is 23.3 Å². The monoisotopic (exact) mass is 642 g/mol. The number of rotatable bonds is 9. The maximum absolute atomic E-state index is 13.5. The van der Waals surface area contributed by atoms with Gasteiger partial charge in [0.05, 0.1) is 25.6 Å². The van der Waals surface area contributed by atoms with E-state index in [1.807, 2.05) is 4.90 Å². The predicted octanol–water partition coefficient (Wildman–Crippen LogP) is 3.00. The SMILES string of the molecule is C1CC2=C1C2.COc1cc2nc(N3CCNCC3C(C)=O)nc(NC(=O)C3CSCN3C(=O)CCSC(C)=O)c2cc1OC. The number of carbonyl (C=O) groups excluding carboxylic acids is 4. The van der Waals surface area contributed by atoms with Gasteiger partial charge in [-0.15, -0.1) is 11.8 Å². The molecule has 2 amide bonds. The first-order valence-electron chi connectivity index (χ1n) is 14.6. The smallest absolute Gasteiger partial charge is 0.249 e. The third-order valence-corrected chi connectivity index (χ3v) is 9.88. The van der Waals surface area contributed by atoms with Gasteiger partial charge < -0.3 is 29.9 Å². The molecule has 6 rings (SSSR count). The summed E-state index contributed by atoms with van der Waals surface area (Å²) in [6, 6.07) is 2.25. The summed E-state index contributed by atoms with van der Waals surface area (Å²) in [7, 11) is 3.04. The first kappa shape index (κ1) is 32.0. The van der Waals surface area contributed by atoms with E-state index in [4.69, 9.17) is 19.4 Å².